The van der Waals surface area contributed by atoms with Crippen LogP contribution in [0.3, 0.4) is 0 Å². The van der Waals surface area contributed by atoms with Gasteiger partial charge in [0.2, 0.25) is 0 Å². The minimum absolute atomic E-state index is 0.321. The van der Waals surface area contributed by atoms with Crippen LogP contribution in [-0.4, -0.2) is 23.5 Å². The summed E-state index contributed by atoms with van der Waals surface area (Å²) >= 11 is 0. The molecule has 108 valence electrons. The third-order valence-corrected chi connectivity index (χ3v) is 5.44. The molecule has 1 saturated heterocycles. The Morgan fingerprint density at radius 3 is 1.22 bits per heavy atom. The number of hydrogen-bond acceptors (Lipinski definition) is 1. The summed E-state index contributed by atoms with van der Waals surface area (Å²) in [6.07, 6.45) is 2.66. The second-order valence-corrected chi connectivity index (χ2v) is 9.24. The van der Waals surface area contributed by atoms with E-state index in [1.165, 1.54) is 25.9 Å². The van der Waals surface area contributed by atoms with Gasteiger partial charge in [-0.1, -0.05) is 41.5 Å². The SMILES string of the molecule is CC(C)(C)N1CCC(C(C)(C)C)(C(C)(C)C)CC1. The Morgan fingerprint density at radius 2 is 1.00 bits per heavy atom. The van der Waals surface area contributed by atoms with E-state index in [0.717, 1.165) is 0 Å². The lowest BCUT2D eigenvalue weighted by atomic mass is 9.50. The van der Waals surface area contributed by atoms with Crippen molar-refractivity contribution in [3.63, 3.8) is 0 Å². The van der Waals surface area contributed by atoms with Gasteiger partial charge in [0.1, 0.15) is 0 Å². The van der Waals surface area contributed by atoms with Gasteiger partial charge in [-0.2, -0.15) is 0 Å². The van der Waals surface area contributed by atoms with Crippen molar-refractivity contribution in [1.29, 1.82) is 0 Å². The third-order valence-electron chi connectivity index (χ3n) is 5.44. The number of piperidine rings is 1. The standard InChI is InChI=1S/C17H35N/c1-14(2,3)17(15(4,5)6)10-12-18(13-11-17)16(7,8)9/h10-13H2,1-9H3. The maximum absolute atomic E-state index is 2.66. The minimum atomic E-state index is 0.321. The lowest BCUT2D eigenvalue weighted by molar-refractivity contribution is -0.0947. The molecule has 1 nitrogen and oxygen atoms in total. The van der Waals surface area contributed by atoms with Gasteiger partial charge in [-0.25, -0.2) is 0 Å². The topological polar surface area (TPSA) is 3.24 Å². The first-order chi connectivity index (χ1) is 7.81. The smallest absolute Gasteiger partial charge is 0.0125 e. The molecule has 0 aromatic rings. The second-order valence-electron chi connectivity index (χ2n) is 9.24. The molecular weight excluding hydrogens is 218 g/mol. The van der Waals surface area contributed by atoms with Crippen LogP contribution < -0.4 is 0 Å². The van der Waals surface area contributed by atoms with Gasteiger partial charge in [0.25, 0.3) is 0 Å². The summed E-state index contributed by atoms with van der Waals surface area (Å²) in [6.45, 7) is 24.1. The van der Waals surface area contributed by atoms with Gasteiger partial charge < -0.3 is 0 Å². The van der Waals surface area contributed by atoms with Crippen molar-refractivity contribution in [3.8, 4) is 0 Å². The molecule has 0 aromatic heterocycles. The maximum Gasteiger partial charge on any atom is 0.0125 e. The third kappa shape index (κ3) is 2.76. The average Bonchev–Trinajstić information content (AvgIpc) is 2.13. The van der Waals surface area contributed by atoms with Crippen molar-refractivity contribution in [1.82, 2.24) is 4.90 Å². The molecule has 1 aliphatic heterocycles. The number of rotatable bonds is 0. The first-order valence-corrected chi connectivity index (χ1v) is 7.56. The quantitative estimate of drug-likeness (QED) is 0.590. The highest BCUT2D eigenvalue weighted by Gasteiger charge is 2.52. The molecule has 1 fully saturated rings. The highest BCUT2D eigenvalue weighted by atomic mass is 15.2. The lowest BCUT2D eigenvalue weighted by Gasteiger charge is -2.59. The van der Waals surface area contributed by atoms with E-state index in [2.05, 4.69) is 67.2 Å². The fourth-order valence-electron chi connectivity index (χ4n) is 4.18. The van der Waals surface area contributed by atoms with Crippen LogP contribution in [-0.2, 0) is 0 Å². The number of likely N-dealkylation sites (tertiary alicyclic amines) is 1. The predicted molar refractivity (Wildman–Crippen MR) is 81.9 cm³/mol. The molecule has 1 heterocycles. The summed E-state index contributed by atoms with van der Waals surface area (Å²) in [6, 6.07) is 0. The molecule has 0 unspecified atom stereocenters. The first kappa shape index (κ1) is 16.0. The van der Waals surface area contributed by atoms with Crippen molar-refractivity contribution in [2.45, 2.75) is 80.7 Å². The molecule has 0 aromatic carbocycles. The van der Waals surface area contributed by atoms with E-state index in [4.69, 9.17) is 0 Å². The van der Waals surface area contributed by atoms with Gasteiger partial charge >= 0.3 is 0 Å². The molecule has 0 atom stereocenters. The van der Waals surface area contributed by atoms with Crippen molar-refractivity contribution >= 4 is 0 Å². The Hall–Kier alpha value is -0.0400. The van der Waals surface area contributed by atoms with Crippen LogP contribution >= 0.6 is 0 Å². The Morgan fingerprint density at radius 1 is 0.667 bits per heavy atom. The summed E-state index contributed by atoms with van der Waals surface area (Å²) < 4.78 is 0. The van der Waals surface area contributed by atoms with Crippen LogP contribution in [0, 0.1) is 16.2 Å². The van der Waals surface area contributed by atoms with E-state index in [1.54, 1.807) is 0 Å². The summed E-state index contributed by atoms with van der Waals surface area (Å²) in [5.74, 6) is 0. The van der Waals surface area contributed by atoms with Crippen LogP contribution in [0.1, 0.15) is 75.2 Å². The normalized spacial score (nSPS) is 23.2. The Labute approximate surface area is 115 Å². The van der Waals surface area contributed by atoms with E-state index in [0.29, 0.717) is 21.8 Å². The van der Waals surface area contributed by atoms with Crippen LogP contribution in [0.2, 0.25) is 0 Å². The highest BCUT2D eigenvalue weighted by molar-refractivity contribution is 5.02. The molecule has 0 N–H and O–H groups in total. The first-order valence-electron chi connectivity index (χ1n) is 7.56. The summed E-state index contributed by atoms with van der Waals surface area (Å²) in [5.41, 5.74) is 1.55. The van der Waals surface area contributed by atoms with Gasteiger partial charge in [-0.05, 0) is 62.9 Å². The maximum atomic E-state index is 2.66. The molecule has 18 heavy (non-hydrogen) atoms. The largest absolute Gasteiger partial charge is 0.298 e. The van der Waals surface area contributed by atoms with E-state index < -0.39 is 0 Å². The lowest BCUT2D eigenvalue weighted by Crippen LogP contribution is -2.56. The zero-order valence-corrected chi connectivity index (χ0v) is 14.3. The van der Waals surface area contributed by atoms with Gasteiger partial charge in [0, 0.05) is 5.54 Å². The van der Waals surface area contributed by atoms with Gasteiger partial charge in [0.15, 0.2) is 0 Å². The molecule has 0 bridgehead atoms. The second kappa shape index (κ2) is 4.51. The molecule has 0 spiro atoms. The van der Waals surface area contributed by atoms with Crippen LogP contribution in [0.25, 0.3) is 0 Å². The van der Waals surface area contributed by atoms with E-state index in [9.17, 15) is 0 Å². The summed E-state index contributed by atoms with van der Waals surface area (Å²) in [7, 11) is 0. The molecular formula is C17H35N. The highest BCUT2D eigenvalue weighted by Crippen LogP contribution is 2.57. The van der Waals surface area contributed by atoms with Gasteiger partial charge in [-0.3, -0.25) is 4.90 Å². The molecule has 0 saturated carbocycles. The van der Waals surface area contributed by atoms with Gasteiger partial charge in [0.05, 0.1) is 0 Å². The minimum Gasteiger partial charge on any atom is -0.298 e. The van der Waals surface area contributed by atoms with E-state index in [-0.39, 0.29) is 0 Å². The summed E-state index contributed by atoms with van der Waals surface area (Å²) in [5, 5.41) is 0. The zero-order valence-electron chi connectivity index (χ0n) is 14.3. The monoisotopic (exact) mass is 253 g/mol. The Balaban J connectivity index is 2.95. The number of nitrogens with zero attached hydrogens (tertiary/aromatic N) is 1. The molecule has 0 aliphatic carbocycles. The zero-order chi connectivity index (χ0) is 14.4. The van der Waals surface area contributed by atoms with E-state index >= 15 is 0 Å². The fraction of sp³-hybridized carbons (Fsp3) is 1.00. The van der Waals surface area contributed by atoms with Crippen molar-refractivity contribution in [2.24, 2.45) is 16.2 Å². The van der Waals surface area contributed by atoms with E-state index in [1.807, 2.05) is 0 Å². The molecule has 0 radical (unpaired) electrons. The Bertz CT molecular complexity index is 258. The molecule has 1 heteroatoms. The van der Waals surface area contributed by atoms with Crippen LogP contribution in [0.5, 0.6) is 0 Å². The Kier molecular flexibility index (Phi) is 4.01. The predicted octanol–water partition coefficient (Wildman–Crippen LogP) is 4.96. The van der Waals surface area contributed by atoms with Crippen LogP contribution in [0.15, 0.2) is 0 Å². The average molecular weight is 253 g/mol. The fourth-order valence-corrected chi connectivity index (χ4v) is 4.18. The van der Waals surface area contributed by atoms with Gasteiger partial charge in [-0.15, -0.1) is 0 Å². The van der Waals surface area contributed by atoms with Crippen molar-refractivity contribution < 1.29 is 0 Å². The molecule has 1 rings (SSSR count). The van der Waals surface area contributed by atoms with Crippen LogP contribution in [0.4, 0.5) is 0 Å². The molecule has 0 amide bonds. The van der Waals surface area contributed by atoms with Crippen molar-refractivity contribution in [3.05, 3.63) is 0 Å². The van der Waals surface area contributed by atoms with Crippen molar-refractivity contribution in [2.75, 3.05) is 13.1 Å². The molecule has 1 aliphatic rings. The number of hydrogen-bond donors (Lipinski definition) is 0. The summed E-state index contributed by atoms with van der Waals surface area (Å²) in [4.78, 5) is 2.66.